The number of halogens is 1. The Morgan fingerprint density at radius 1 is 1.18 bits per heavy atom. The minimum atomic E-state index is -0.349. The van der Waals surface area contributed by atoms with Gasteiger partial charge in [0.2, 0.25) is 11.8 Å². The van der Waals surface area contributed by atoms with Crippen LogP contribution in [0.15, 0.2) is 22.7 Å². The molecule has 3 rings (SSSR count). The number of hydrogen-bond acceptors (Lipinski definition) is 3. The smallest absolute Gasteiger partial charge is 0.243 e. The number of rotatable bonds is 8. The summed E-state index contributed by atoms with van der Waals surface area (Å²) in [5.74, 6) is -0.135. The highest BCUT2D eigenvalue weighted by atomic mass is 79.9. The van der Waals surface area contributed by atoms with E-state index in [0.29, 0.717) is 19.4 Å². The molecule has 0 bridgehead atoms. The molecule has 28 heavy (non-hydrogen) atoms. The van der Waals surface area contributed by atoms with Gasteiger partial charge in [0, 0.05) is 65.5 Å². The molecule has 0 saturated heterocycles. The minimum absolute atomic E-state index is 0.214. The van der Waals surface area contributed by atoms with Crippen LogP contribution in [0.5, 0.6) is 0 Å². The van der Waals surface area contributed by atoms with Crippen molar-refractivity contribution in [3.05, 3.63) is 33.9 Å². The van der Waals surface area contributed by atoms with Gasteiger partial charge in [-0.1, -0.05) is 28.8 Å². The van der Waals surface area contributed by atoms with Gasteiger partial charge in [0.1, 0.15) is 0 Å². The summed E-state index contributed by atoms with van der Waals surface area (Å²) in [6.07, 6.45) is 5.17. The normalized spacial score (nSPS) is 13.6. The molecular formula is C21H28BrN3O3. The van der Waals surface area contributed by atoms with Gasteiger partial charge in [0.15, 0.2) is 0 Å². The van der Waals surface area contributed by atoms with Crippen LogP contribution in [0.3, 0.4) is 0 Å². The van der Waals surface area contributed by atoms with Crippen LogP contribution in [-0.4, -0.2) is 33.0 Å². The Morgan fingerprint density at radius 2 is 1.93 bits per heavy atom. The Balaban J connectivity index is 1.57. The lowest BCUT2D eigenvalue weighted by Gasteiger charge is -2.28. The van der Waals surface area contributed by atoms with Gasteiger partial charge in [-0.05, 0) is 38.0 Å². The maximum atomic E-state index is 12.7. The lowest BCUT2D eigenvalue weighted by Crippen LogP contribution is -2.36. The third-order valence-electron chi connectivity index (χ3n) is 5.55. The van der Waals surface area contributed by atoms with Crippen molar-refractivity contribution in [2.75, 3.05) is 6.54 Å². The first kappa shape index (κ1) is 20.9. The van der Waals surface area contributed by atoms with Crippen LogP contribution in [0.4, 0.5) is 0 Å². The third kappa shape index (κ3) is 4.58. The quantitative estimate of drug-likeness (QED) is 0.361. The number of nitrogens with zero attached hydrogens (tertiary/aromatic N) is 2. The van der Waals surface area contributed by atoms with Crippen LogP contribution in [0.25, 0.3) is 10.9 Å². The highest BCUT2D eigenvalue weighted by molar-refractivity contribution is 9.10. The van der Waals surface area contributed by atoms with E-state index in [2.05, 4.69) is 45.6 Å². The molecule has 1 aromatic heterocycles. The van der Waals surface area contributed by atoms with Gasteiger partial charge in [0.05, 0.1) is 0 Å². The average Bonchev–Trinajstić information content (AvgIpc) is 3.02. The summed E-state index contributed by atoms with van der Waals surface area (Å²) in [7, 11) is 0. The first-order valence-electron chi connectivity index (χ1n) is 10.0. The van der Waals surface area contributed by atoms with Crippen LogP contribution in [-0.2, 0) is 29.1 Å². The maximum Gasteiger partial charge on any atom is 0.243 e. The van der Waals surface area contributed by atoms with E-state index in [1.54, 1.807) is 5.48 Å². The van der Waals surface area contributed by atoms with Crippen LogP contribution >= 0.6 is 15.9 Å². The van der Waals surface area contributed by atoms with Gasteiger partial charge in [-0.15, -0.1) is 0 Å². The predicted molar refractivity (Wildman–Crippen MR) is 112 cm³/mol. The molecule has 0 spiro atoms. The summed E-state index contributed by atoms with van der Waals surface area (Å²) in [5.41, 5.74) is 5.54. The molecular weight excluding hydrogens is 422 g/mol. The SMILES string of the molecule is CCn1c2c(c3cc(Br)ccc31)CN(C(=O)CCCCCCC(=O)NO)CC2. The zero-order chi connectivity index (χ0) is 20.1. The molecule has 0 saturated carbocycles. The number of aryl methyl sites for hydroxylation is 1. The van der Waals surface area contributed by atoms with Gasteiger partial charge in [-0.25, -0.2) is 5.48 Å². The van der Waals surface area contributed by atoms with Crippen molar-refractivity contribution in [3.8, 4) is 0 Å². The summed E-state index contributed by atoms with van der Waals surface area (Å²) < 4.78 is 3.44. The van der Waals surface area contributed by atoms with Gasteiger partial charge in [0.25, 0.3) is 0 Å². The molecule has 0 atom stereocenters. The Bertz CT molecular complexity index is 862. The van der Waals surface area contributed by atoms with E-state index in [9.17, 15) is 9.59 Å². The van der Waals surface area contributed by atoms with Crippen LogP contribution < -0.4 is 5.48 Å². The first-order chi connectivity index (χ1) is 13.5. The van der Waals surface area contributed by atoms with Crippen molar-refractivity contribution < 1.29 is 14.8 Å². The number of aromatic nitrogens is 1. The van der Waals surface area contributed by atoms with Crippen molar-refractivity contribution in [2.45, 2.75) is 65.0 Å². The molecule has 0 fully saturated rings. The number of nitrogens with one attached hydrogen (secondary N) is 1. The van der Waals surface area contributed by atoms with Crippen molar-refractivity contribution in [1.29, 1.82) is 0 Å². The highest BCUT2D eigenvalue weighted by Crippen LogP contribution is 2.33. The van der Waals surface area contributed by atoms with Gasteiger partial charge in [-0.2, -0.15) is 0 Å². The number of carbonyl (C=O) groups excluding carboxylic acids is 2. The molecule has 2 aromatic rings. The summed E-state index contributed by atoms with van der Waals surface area (Å²) in [6, 6.07) is 6.40. The van der Waals surface area contributed by atoms with E-state index in [1.165, 1.54) is 22.2 Å². The second-order valence-electron chi connectivity index (χ2n) is 7.35. The summed E-state index contributed by atoms with van der Waals surface area (Å²) in [4.78, 5) is 25.6. The Labute approximate surface area is 174 Å². The zero-order valence-electron chi connectivity index (χ0n) is 16.3. The minimum Gasteiger partial charge on any atom is -0.344 e. The number of hydroxylamine groups is 1. The van der Waals surface area contributed by atoms with E-state index in [-0.39, 0.29) is 11.8 Å². The molecule has 2 N–H and O–H groups in total. The molecule has 6 nitrogen and oxygen atoms in total. The lowest BCUT2D eigenvalue weighted by atomic mass is 10.0. The van der Waals surface area contributed by atoms with E-state index < -0.39 is 0 Å². The first-order valence-corrected chi connectivity index (χ1v) is 10.8. The highest BCUT2D eigenvalue weighted by Gasteiger charge is 2.26. The monoisotopic (exact) mass is 449 g/mol. The number of amides is 2. The van der Waals surface area contributed by atoms with E-state index in [1.807, 2.05) is 4.90 Å². The van der Waals surface area contributed by atoms with Crippen LogP contribution in [0.2, 0.25) is 0 Å². The molecule has 0 aliphatic carbocycles. The fraction of sp³-hybridized carbons (Fsp3) is 0.524. The molecule has 2 amide bonds. The molecule has 1 aliphatic rings. The van der Waals surface area contributed by atoms with Gasteiger partial charge < -0.3 is 9.47 Å². The standard InChI is InChI=1S/C21H28BrN3O3/c1-2-25-18-10-9-15(22)13-16(18)17-14-24(12-11-19(17)25)21(27)8-6-4-3-5-7-20(26)23-28/h9-10,13,28H,2-8,11-12,14H2,1H3,(H,23,26). The Morgan fingerprint density at radius 3 is 2.64 bits per heavy atom. The van der Waals surface area contributed by atoms with Crippen molar-refractivity contribution in [1.82, 2.24) is 14.9 Å². The second kappa shape index (κ2) is 9.56. The lowest BCUT2D eigenvalue weighted by molar-refractivity contribution is -0.132. The fourth-order valence-corrected chi connectivity index (χ4v) is 4.49. The molecule has 1 aromatic carbocycles. The number of hydrogen-bond donors (Lipinski definition) is 2. The predicted octanol–water partition coefficient (Wildman–Crippen LogP) is 4.15. The van der Waals surface area contributed by atoms with Crippen LogP contribution in [0.1, 0.15) is 56.7 Å². The van der Waals surface area contributed by atoms with E-state index >= 15 is 0 Å². The van der Waals surface area contributed by atoms with Crippen molar-refractivity contribution >= 4 is 38.6 Å². The second-order valence-corrected chi connectivity index (χ2v) is 8.26. The molecule has 0 radical (unpaired) electrons. The average molecular weight is 450 g/mol. The van der Waals surface area contributed by atoms with Gasteiger partial charge >= 0.3 is 0 Å². The summed E-state index contributed by atoms with van der Waals surface area (Å²) in [6.45, 7) is 4.57. The van der Waals surface area contributed by atoms with Gasteiger partial charge in [-0.3, -0.25) is 14.8 Å². The van der Waals surface area contributed by atoms with Crippen molar-refractivity contribution in [2.24, 2.45) is 0 Å². The topological polar surface area (TPSA) is 74.6 Å². The van der Waals surface area contributed by atoms with E-state index in [0.717, 1.165) is 49.7 Å². The third-order valence-corrected chi connectivity index (χ3v) is 6.05. The Hall–Kier alpha value is -1.86. The number of unbranched alkanes of at least 4 members (excludes halogenated alkanes) is 3. The fourth-order valence-electron chi connectivity index (χ4n) is 4.13. The largest absolute Gasteiger partial charge is 0.344 e. The van der Waals surface area contributed by atoms with E-state index in [4.69, 9.17) is 5.21 Å². The molecule has 7 heteroatoms. The number of fused-ring (bicyclic) bond motifs is 3. The maximum absolute atomic E-state index is 12.7. The zero-order valence-corrected chi connectivity index (χ0v) is 17.9. The van der Waals surface area contributed by atoms with Crippen LogP contribution in [0, 0.1) is 0 Å². The number of carbonyl (C=O) groups is 2. The van der Waals surface area contributed by atoms with Crippen molar-refractivity contribution in [3.63, 3.8) is 0 Å². The molecule has 152 valence electrons. The summed E-state index contributed by atoms with van der Waals surface area (Å²) >= 11 is 3.58. The summed E-state index contributed by atoms with van der Waals surface area (Å²) in [5, 5.41) is 9.71. The molecule has 1 aliphatic heterocycles. The Kier molecular flexibility index (Phi) is 7.13. The molecule has 0 unspecified atom stereocenters. The molecule has 2 heterocycles. The number of benzene rings is 1.